The van der Waals surface area contributed by atoms with E-state index in [9.17, 15) is 14.7 Å². The summed E-state index contributed by atoms with van der Waals surface area (Å²) in [5.74, 6) is 1.07. The summed E-state index contributed by atoms with van der Waals surface area (Å²) in [4.78, 5) is 26.2. The molecule has 1 aliphatic heterocycles. The van der Waals surface area contributed by atoms with E-state index in [0.29, 0.717) is 44.1 Å². The van der Waals surface area contributed by atoms with Crippen LogP contribution in [0.15, 0.2) is 18.2 Å². The molecule has 5 atom stereocenters. The molecule has 0 aliphatic carbocycles. The number of aliphatic hydroxyl groups is 1. The van der Waals surface area contributed by atoms with Crippen molar-refractivity contribution in [2.24, 2.45) is 23.7 Å². The number of alkyl carbamates (subject to hydrolysis) is 1. The van der Waals surface area contributed by atoms with Gasteiger partial charge in [-0.05, 0) is 88.3 Å². The van der Waals surface area contributed by atoms with E-state index in [1.165, 1.54) is 0 Å². The minimum absolute atomic E-state index is 0.00644. The average Bonchev–Trinajstić information content (AvgIpc) is 3.46. The fraction of sp³-hybridized carbons (Fsp3) is 0.765. The standard InChI is InChI=1S/C34H58N2O8/c1-22(2)25(17-24-12-13-30(41-9)31(18-24)43-16-15-40-8)19-28(36-33(39)44-34(5,6)7)29(37)20-27(23(3)4)32(38)35-21-26-11-10-14-42-26/h12-13,18,22-23,25-29,37H,10-11,14-17,19-21H2,1-9H3,(H,35,38)(H,36,39)/t25-,26-,27-,28-,29-/m0/s1. The number of hydrogen-bond acceptors (Lipinski definition) is 8. The molecule has 2 amide bonds. The van der Waals surface area contributed by atoms with Crippen molar-refractivity contribution in [3.63, 3.8) is 0 Å². The summed E-state index contributed by atoms with van der Waals surface area (Å²) in [6.45, 7) is 15.7. The van der Waals surface area contributed by atoms with Gasteiger partial charge in [-0.25, -0.2) is 4.79 Å². The van der Waals surface area contributed by atoms with E-state index in [-0.39, 0.29) is 36.2 Å². The lowest BCUT2D eigenvalue weighted by atomic mass is 9.80. The maximum atomic E-state index is 13.2. The molecule has 3 N–H and O–H groups in total. The first-order chi connectivity index (χ1) is 20.7. The number of aliphatic hydroxyl groups excluding tert-OH is 1. The second-order valence-corrected chi connectivity index (χ2v) is 13.6. The molecule has 0 radical (unpaired) electrons. The summed E-state index contributed by atoms with van der Waals surface area (Å²) in [5, 5.41) is 17.6. The third kappa shape index (κ3) is 13.2. The van der Waals surface area contributed by atoms with Crippen molar-refractivity contribution in [1.82, 2.24) is 10.6 Å². The van der Waals surface area contributed by atoms with Crippen molar-refractivity contribution in [3.05, 3.63) is 23.8 Å². The zero-order valence-corrected chi connectivity index (χ0v) is 28.4. The van der Waals surface area contributed by atoms with Crippen LogP contribution in [0.2, 0.25) is 0 Å². The Kier molecular flexibility index (Phi) is 15.8. The van der Waals surface area contributed by atoms with Gasteiger partial charge in [0.2, 0.25) is 5.91 Å². The molecular formula is C34H58N2O8. The van der Waals surface area contributed by atoms with Crippen LogP contribution in [0.3, 0.4) is 0 Å². The van der Waals surface area contributed by atoms with Crippen LogP contribution in [0.4, 0.5) is 4.79 Å². The summed E-state index contributed by atoms with van der Waals surface area (Å²) < 4.78 is 27.7. The zero-order chi connectivity index (χ0) is 32.9. The minimum atomic E-state index is -0.964. The van der Waals surface area contributed by atoms with Crippen molar-refractivity contribution in [2.75, 3.05) is 40.6 Å². The summed E-state index contributed by atoms with van der Waals surface area (Å²) in [6, 6.07) is 5.25. The Morgan fingerprint density at radius 2 is 1.77 bits per heavy atom. The molecule has 0 aromatic heterocycles. The van der Waals surface area contributed by atoms with Crippen LogP contribution in [0, 0.1) is 23.7 Å². The van der Waals surface area contributed by atoms with Crippen molar-refractivity contribution in [1.29, 1.82) is 0 Å². The Morgan fingerprint density at radius 3 is 2.34 bits per heavy atom. The maximum absolute atomic E-state index is 13.2. The highest BCUT2D eigenvalue weighted by Gasteiger charge is 2.33. The van der Waals surface area contributed by atoms with Gasteiger partial charge in [-0.3, -0.25) is 4.79 Å². The van der Waals surface area contributed by atoms with Gasteiger partial charge in [0.25, 0.3) is 0 Å². The van der Waals surface area contributed by atoms with E-state index >= 15 is 0 Å². The molecule has 10 heteroatoms. The van der Waals surface area contributed by atoms with Gasteiger partial charge in [0.05, 0.1) is 32.0 Å². The number of methoxy groups -OCH3 is 2. The van der Waals surface area contributed by atoms with Gasteiger partial charge in [0.15, 0.2) is 11.5 Å². The Labute approximate surface area is 264 Å². The molecule has 10 nitrogen and oxygen atoms in total. The fourth-order valence-corrected chi connectivity index (χ4v) is 5.44. The van der Waals surface area contributed by atoms with Crippen LogP contribution >= 0.6 is 0 Å². The molecule has 1 aromatic carbocycles. The third-order valence-corrected chi connectivity index (χ3v) is 8.10. The normalized spacial score (nSPS) is 18.0. The number of amides is 2. The topological polar surface area (TPSA) is 125 Å². The second-order valence-electron chi connectivity index (χ2n) is 13.6. The van der Waals surface area contributed by atoms with E-state index in [2.05, 4.69) is 24.5 Å². The van der Waals surface area contributed by atoms with E-state index in [1.54, 1.807) is 35.0 Å². The molecule has 1 heterocycles. The molecule has 2 rings (SSSR count). The average molecular weight is 623 g/mol. The summed E-state index contributed by atoms with van der Waals surface area (Å²) in [6.07, 6.45) is 1.81. The van der Waals surface area contributed by atoms with Crippen LogP contribution in [0.1, 0.15) is 79.7 Å². The first-order valence-electron chi connectivity index (χ1n) is 16.1. The molecule has 0 unspecified atom stereocenters. The van der Waals surface area contributed by atoms with Gasteiger partial charge in [-0.15, -0.1) is 0 Å². The summed E-state index contributed by atoms with van der Waals surface area (Å²) in [5.41, 5.74) is 0.359. The van der Waals surface area contributed by atoms with Crippen molar-refractivity contribution >= 4 is 12.0 Å². The highest BCUT2D eigenvalue weighted by Crippen LogP contribution is 2.32. The van der Waals surface area contributed by atoms with Crippen LogP contribution in [0.5, 0.6) is 11.5 Å². The number of rotatable bonds is 18. The van der Waals surface area contributed by atoms with Crippen molar-refractivity contribution in [3.8, 4) is 11.5 Å². The Balaban J connectivity index is 2.24. The minimum Gasteiger partial charge on any atom is -0.493 e. The highest BCUT2D eigenvalue weighted by atomic mass is 16.6. The van der Waals surface area contributed by atoms with E-state index in [1.807, 2.05) is 32.0 Å². The molecule has 1 fully saturated rings. The highest BCUT2D eigenvalue weighted by molar-refractivity contribution is 5.79. The lowest BCUT2D eigenvalue weighted by Crippen LogP contribution is -2.49. The number of nitrogens with one attached hydrogen (secondary N) is 2. The number of ether oxygens (including phenoxy) is 5. The van der Waals surface area contributed by atoms with Gasteiger partial charge in [-0.2, -0.15) is 0 Å². The molecular weight excluding hydrogens is 564 g/mol. The van der Waals surface area contributed by atoms with Crippen LogP contribution in [-0.2, 0) is 25.4 Å². The Hall–Kier alpha value is -2.56. The van der Waals surface area contributed by atoms with Gasteiger partial charge < -0.3 is 39.4 Å². The first kappa shape index (κ1) is 37.6. The number of benzene rings is 1. The molecule has 1 saturated heterocycles. The molecule has 252 valence electrons. The second kappa shape index (κ2) is 18.4. The largest absolute Gasteiger partial charge is 0.493 e. The summed E-state index contributed by atoms with van der Waals surface area (Å²) >= 11 is 0. The quantitative estimate of drug-likeness (QED) is 0.192. The van der Waals surface area contributed by atoms with Crippen LogP contribution in [0.25, 0.3) is 0 Å². The van der Waals surface area contributed by atoms with E-state index < -0.39 is 29.8 Å². The van der Waals surface area contributed by atoms with Gasteiger partial charge in [0, 0.05) is 26.2 Å². The zero-order valence-electron chi connectivity index (χ0n) is 28.4. The Morgan fingerprint density at radius 1 is 1.05 bits per heavy atom. The van der Waals surface area contributed by atoms with Crippen molar-refractivity contribution < 1.29 is 38.4 Å². The SMILES string of the molecule is COCCOc1cc(C[C@@H](C[C@H](NC(=O)OC(C)(C)C)[C@@H](O)C[C@H](C(=O)NC[C@@H]2CCCO2)C(C)C)C(C)C)ccc1OC. The third-order valence-electron chi connectivity index (χ3n) is 8.10. The molecule has 1 aliphatic rings. The molecule has 0 saturated carbocycles. The van der Waals surface area contributed by atoms with Gasteiger partial charge >= 0.3 is 6.09 Å². The monoisotopic (exact) mass is 622 g/mol. The van der Waals surface area contributed by atoms with Gasteiger partial charge in [0.1, 0.15) is 12.2 Å². The smallest absolute Gasteiger partial charge is 0.407 e. The number of carbonyl (C=O) groups excluding carboxylic acids is 2. The summed E-state index contributed by atoms with van der Waals surface area (Å²) in [7, 11) is 3.23. The number of hydrogen-bond donors (Lipinski definition) is 3. The molecule has 0 spiro atoms. The Bertz CT molecular complexity index is 1000. The lowest BCUT2D eigenvalue weighted by Gasteiger charge is -2.33. The van der Waals surface area contributed by atoms with Crippen molar-refractivity contribution in [2.45, 2.75) is 104 Å². The van der Waals surface area contributed by atoms with Crippen LogP contribution in [-0.4, -0.2) is 81.5 Å². The lowest BCUT2D eigenvalue weighted by molar-refractivity contribution is -0.128. The van der Waals surface area contributed by atoms with E-state index in [0.717, 1.165) is 25.0 Å². The fourth-order valence-electron chi connectivity index (χ4n) is 5.44. The molecule has 1 aromatic rings. The van der Waals surface area contributed by atoms with E-state index in [4.69, 9.17) is 23.7 Å². The number of carbonyl (C=O) groups is 2. The predicted molar refractivity (Wildman–Crippen MR) is 171 cm³/mol. The van der Waals surface area contributed by atoms with Crippen LogP contribution < -0.4 is 20.1 Å². The predicted octanol–water partition coefficient (Wildman–Crippen LogP) is 5.14. The maximum Gasteiger partial charge on any atom is 0.407 e. The molecule has 44 heavy (non-hydrogen) atoms. The van der Waals surface area contributed by atoms with Gasteiger partial charge in [-0.1, -0.05) is 33.8 Å². The molecule has 0 bridgehead atoms. The first-order valence-corrected chi connectivity index (χ1v) is 16.1.